The van der Waals surface area contributed by atoms with Crippen LogP contribution in [0.3, 0.4) is 0 Å². The average Bonchev–Trinajstić information content (AvgIpc) is 3.44. The standard InChI is InChI=1S/C21H26F3N5O3/c1-2-3-4-5-6-12-31-17-10-9-14(13-15(17)21(22,23)24)18-26-19(32-28-18)16-8-7-11-29(16)20(25)27-30/h4-5,9-10,13,16,30H,2-3,6-8,11-12H2,1H3,(H2,25,27)/b5-4-/t16-/m0/s1. The van der Waals surface area contributed by atoms with E-state index in [0.717, 1.165) is 25.3 Å². The second-order valence-corrected chi connectivity index (χ2v) is 7.37. The van der Waals surface area contributed by atoms with E-state index in [1.54, 1.807) is 4.90 Å². The summed E-state index contributed by atoms with van der Waals surface area (Å²) >= 11 is 0. The molecule has 1 aromatic carbocycles. The van der Waals surface area contributed by atoms with Crippen LogP contribution in [0.1, 0.15) is 56.5 Å². The minimum Gasteiger partial charge on any atom is -0.493 e. The Kier molecular flexibility index (Phi) is 7.60. The molecule has 1 aromatic heterocycles. The van der Waals surface area contributed by atoms with Gasteiger partial charge in [-0.15, -0.1) is 0 Å². The maximum Gasteiger partial charge on any atom is 0.419 e. The smallest absolute Gasteiger partial charge is 0.419 e. The van der Waals surface area contributed by atoms with E-state index in [4.69, 9.17) is 20.2 Å². The highest BCUT2D eigenvalue weighted by molar-refractivity contribution is 5.78. The molecule has 1 aliphatic rings. The number of oxime groups is 1. The van der Waals surface area contributed by atoms with Gasteiger partial charge in [0.2, 0.25) is 17.7 Å². The Morgan fingerprint density at radius 2 is 2.16 bits per heavy atom. The zero-order valence-corrected chi connectivity index (χ0v) is 17.7. The minimum absolute atomic E-state index is 0.0194. The molecule has 32 heavy (non-hydrogen) atoms. The van der Waals surface area contributed by atoms with E-state index in [2.05, 4.69) is 15.3 Å². The summed E-state index contributed by atoms with van der Waals surface area (Å²) in [4.78, 5) is 5.86. The molecular weight excluding hydrogens is 427 g/mol. The van der Waals surface area contributed by atoms with Gasteiger partial charge in [0, 0.05) is 12.1 Å². The van der Waals surface area contributed by atoms with E-state index in [1.165, 1.54) is 12.1 Å². The van der Waals surface area contributed by atoms with Crippen molar-refractivity contribution >= 4 is 5.96 Å². The molecule has 1 aliphatic heterocycles. The van der Waals surface area contributed by atoms with Crippen LogP contribution in [0.25, 0.3) is 11.4 Å². The summed E-state index contributed by atoms with van der Waals surface area (Å²) in [5.41, 5.74) is 4.92. The van der Waals surface area contributed by atoms with Gasteiger partial charge in [0.25, 0.3) is 0 Å². The first-order valence-electron chi connectivity index (χ1n) is 10.4. The monoisotopic (exact) mass is 453 g/mol. The molecule has 3 N–H and O–H groups in total. The van der Waals surface area contributed by atoms with Gasteiger partial charge < -0.3 is 25.1 Å². The first kappa shape index (κ1) is 23.4. The van der Waals surface area contributed by atoms with Gasteiger partial charge in [0.15, 0.2) is 0 Å². The van der Waals surface area contributed by atoms with Gasteiger partial charge in [-0.2, -0.15) is 18.2 Å². The molecule has 0 spiro atoms. The number of hydrogen-bond acceptors (Lipinski definition) is 6. The molecule has 1 fully saturated rings. The van der Waals surface area contributed by atoms with Crippen LogP contribution >= 0.6 is 0 Å². The molecule has 174 valence electrons. The number of alkyl halides is 3. The zero-order valence-electron chi connectivity index (χ0n) is 17.7. The van der Waals surface area contributed by atoms with E-state index in [0.29, 0.717) is 19.4 Å². The number of rotatable bonds is 8. The molecule has 11 heteroatoms. The van der Waals surface area contributed by atoms with Crippen LogP contribution in [0, 0.1) is 0 Å². The molecule has 1 atom stereocenters. The van der Waals surface area contributed by atoms with Crippen LogP contribution in [-0.2, 0) is 6.18 Å². The van der Waals surface area contributed by atoms with Gasteiger partial charge in [-0.3, -0.25) is 0 Å². The van der Waals surface area contributed by atoms with Crippen molar-refractivity contribution in [1.29, 1.82) is 0 Å². The SMILES string of the molecule is CCC/C=C\CCOc1ccc(-c2noc([C@@H]3CCCN3/C(N)=N/O)n2)cc1C(F)(F)F. The number of hydrogen-bond donors (Lipinski definition) is 2. The number of aromatic nitrogens is 2. The van der Waals surface area contributed by atoms with Crippen molar-refractivity contribution in [2.75, 3.05) is 13.2 Å². The van der Waals surface area contributed by atoms with Gasteiger partial charge in [-0.25, -0.2) is 0 Å². The van der Waals surface area contributed by atoms with E-state index in [1.807, 2.05) is 19.1 Å². The van der Waals surface area contributed by atoms with Crippen LogP contribution in [-0.4, -0.2) is 39.4 Å². The highest BCUT2D eigenvalue weighted by Gasteiger charge is 2.36. The first-order valence-corrected chi connectivity index (χ1v) is 10.4. The number of halogens is 3. The van der Waals surface area contributed by atoms with Crippen molar-refractivity contribution in [2.45, 2.75) is 51.2 Å². The van der Waals surface area contributed by atoms with Gasteiger partial charge in [-0.05, 0) is 43.9 Å². The lowest BCUT2D eigenvalue weighted by atomic mass is 10.1. The number of unbranched alkanes of at least 4 members (excludes halogenated alkanes) is 1. The van der Waals surface area contributed by atoms with Crippen molar-refractivity contribution in [3.8, 4) is 17.1 Å². The second-order valence-electron chi connectivity index (χ2n) is 7.37. The lowest BCUT2D eigenvalue weighted by Crippen LogP contribution is -2.36. The van der Waals surface area contributed by atoms with Crippen LogP contribution in [0.5, 0.6) is 5.75 Å². The van der Waals surface area contributed by atoms with E-state index < -0.39 is 17.8 Å². The molecule has 3 rings (SSSR count). The predicted octanol–water partition coefficient (Wildman–Crippen LogP) is 4.72. The van der Waals surface area contributed by atoms with Crippen molar-refractivity contribution < 1.29 is 27.6 Å². The molecule has 0 bridgehead atoms. The van der Waals surface area contributed by atoms with Gasteiger partial charge in [0.05, 0.1) is 12.2 Å². The lowest BCUT2D eigenvalue weighted by molar-refractivity contribution is -0.138. The highest BCUT2D eigenvalue weighted by atomic mass is 19.4. The van der Waals surface area contributed by atoms with Crippen LogP contribution < -0.4 is 10.5 Å². The number of guanidine groups is 1. The van der Waals surface area contributed by atoms with Crippen molar-refractivity contribution in [3.05, 3.63) is 41.8 Å². The summed E-state index contributed by atoms with van der Waals surface area (Å²) in [5.74, 6) is -0.122. The quantitative estimate of drug-likeness (QED) is 0.149. The molecule has 1 saturated heterocycles. The van der Waals surface area contributed by atoms with Gasteiger partial charge >= 0.3 is 6.18 Å². The molecule has 0 aliphatic carbocycles. The molecule has 0 unspecified atom stereocenters. The Morgan fingerprint density at radius 1 is 1.38 bits per heavy atom. The third-order valence-electron chi connectivity index (χ3n) is 5.08. The Balaban J connectivity index is 1.79. The summed E-state index contributed by atoms with van der Waals surface area (Å²) in [5, 5.41) is 15.8. The zero-order chi connectivity index (χ0) is 23.1. The summed E-state index contributed by atoms with van der Waals surface area (Å²) in [6.45, 7) is 2.73. The number of nitrogens with two attached hydrogens (primary N) is 1. The molecule has 0 radical (unpaired) electrons. The normalized spacial score (nSPS) is 17.4. The maximum atomic E-state index is 13.6. The van der Waals surface area contributed by atoms with Gasteiger partial charge in [0.1, 0.15) is 11.8 Å². The van der Waals surface area contributed by atoms with Crippen LogP contribution in [0.2, 0.25) is 0 Å². The summed E-state index contributed by atoms with van der Waals surface area (Å²) in [6.07, 6.45) is 3.11. The van der Waals surface area contributed by atoms with Crippen molar-refractivity contribution in [2.24, 2.45) is 10.9 Å². The third-order valence-corrected chi connectivity index (χ3v) is 5.08. The lowest BCUT2D eigenvalue weighted by Gasteiger charge is -2.21. The Hall–Kier alpha value is -3.24. The van der Waals surface area contributed by atoms with E-state index >= 15 is 0 Å². The van der Waals surface area contributed by atoms with Crippen molar-refractivity contribution in [1.82, 2.24) is 15.0 Å². The van der Waals surface area contributed by atoms with E-state index in [-0.39, 0.29) is 35.6 Å². The van der Waals surface area contributed by atoms with E-state index in [9.17, 15) is 13.2 Å². The Morgan fingerprint density at radius 3 is 2.88 bits per heavy atom. The number of ether oxygens (including phenoxy) is 1. The molecular formula is C21H26F3N5O3. The number of benzene rings is 1. The van der Waals surface area contributed by atoms with Crippen molar-refractivity contribution in [3.63, 3.8) is 0 Å². The second kappa shape index (κ2) is 10.4. The molecule has 8 nitrogen and oxygen atoms in total. The fourth-order valence-electron chi connectivity index (χ4n) is 3.50. The third kappa shape index (κ3) is 5.51. The highest BCUT2D eigenvalue weighted by Crippen LogP contribution is 2.39. The van der Waals surface area contributed by atoms with Gasteiger partial charge in [-0.1, -0.05) is 35.8 Å². The molecule has 0 saturated carbocycles. The minimum atomic E-state index is -4.61. The Labute approximate surface area is 183 Å². The molecule has 0 amide bonds. The molecule has 2 aromatic rings. The summed E-state index contributed by atoms with van der Waals surface area (Å²) in [7, 11) is 0. The fraction of sp³-hybridized carbons (Fsp3) is 0.476. The Bertz CT molecular complexity index is 958. The van der Waals surface area contributed by atoms with Crippen LogP contribution in [0.4, 0.5) is 13.2 Å². The number of allylic oxidation sites excluding steroid dienone is 1. The summed E-state index contributed by atoms with van der Waals surface area (Å²) < 4.78 is 51.6. The first-order chi connectivity index (χ1) is 15.3. The largest absolute Gasteiger partial charge is 0.493 e. The maximum absolute atomic E-state index is 13.6. The fourth-order valence-corrected chi connectivity index (χ4v) is 3.50. The topological polar surface area (TPSA) is 110 Å². The number of likely N-dealkylation sites (tertiary alicyclic amines) is 1. The summed E-state index contributed by atoms with van der Waals surface area (Å²) in [6, 6.07) is 3.27. The molecule has 2 heterocycles. The van der Waals surface area contributed by atoms with Crippen LogP contribution in [0.15, 0.2) is 40.0 Å². The number of nitrogens with zero attached hydrogens (tertiary/aromatic N) is 4. The average molecular weight is 453 g/mol. The predicted molar refractivity (Wildman–Crippen MR) is 111 cm³/mol.